The van der Waals surface area contributed by atoms with E-state index in [9.17, 15) is 22.8 Å². The van der Waals surface area contributed by atoms with Crippen molar-refractivity contribution in [3.05, 3.63) is 28.2 Å². The number of rotatable bonds is 2. The van der Waals surface area contributed by atoms with Gasteiger partial charge in [0.25, 0.3) is 0 Å². The summed E-state index contributed by atoms with van der Waals surface area (Å²) in [6, 6.07) is 1.59. The van der Waals surface area contributed by atoms with E-state index >= 15 is 0 Å². The predicted octanol–water partition coefficient (Wildman–Crippen LogP) is 5.80. The van der Waals surface area contributed by atoms with E-state index in [0.717, 1.165) is 25.0 Å². The summed E-state index contributed by atoms with van der Waals surface area (Å²) in [6.07, 6.45) is -2.92. The van der Waals surface area contributed by atoms with E-state index in [1.165, 1.54) is 0 Å². The summed E-state index contributed by atoms with van der Waals surface area (Å²) in [5, 5.41) is 0.282. The molecule has 1 amide bonds. The summed E-state index contributed by atoms with van der Waals surface area (Å²) in [6.45, 7) is 10.1. The minimum atomic E-state index is -4.58. The number of carbonyl (C=O) groups excluding carboxylic acids is 1. The highest BCUT2D eigenvalue weighted by molar-refractivity contribution is 8.36. The van der Waals surface area contributed by atoms with Gasteiger partial charge in [-0.1, -0.05) is 10.7 Å². The number of amides is 1. The number of halogens is 4. The molecule has 12 heteroatoms. The normalized spacial score (nSPS) is 27.4. The monoisotopic (exact) mass is 574 g/mol. The Hall–Kier alpha value is -2.14. The van der Waals surface area contributed by atoms with Crippen LogP contribution in [-0.4, -0.2) is 57.1 Å². The quantitative estimate of drug-likeness (QED) is 0.459. The van der Waals surface area contributed by atoms with Gasteiger partial charge in [-0.05, 0) is 77.2 Å². The van der Waals surface area contributed by atoms with Gasteiger partial charge in [0.15, 0.2) is 0 Å². The van der Waals surface area contributed by atoms with Gasteiger partial charge < -0.3 is 9.64 Å². The Balaban J connectivity index is 1.61. The third-order valence-electron chi connectivity index (χ3n) is 7.55. The van der Waals surface area contributed by atoms with Crippen molar-refractivity contribution in [2.75, 3.05) is 23.7 Å². The van der Waals surface area contributed by atoms with Crippen LogP contribution in [0.2, 0.25) is 0 Å². The fourth-order valence-corrected chi connectivity index (χ4v) is 8.46. The molecule has 2 aliphatic heterocycles. The largest absolute Gasteiger partial charge is 0.444 e. The summed E-state index contributed by atoms with van der Waals surface area (Å²) >= 11 is 0. The molecule has 1 unspecified atom stereocenters. The molecule has 7 nitrogen and oxygen atoms in total. The molecule has 1 aromatic heterocycles. The number of ether oxygens (including phenoxy) is 1. The van der Waals surface area contributed by atoms with Crippen LogP contribution in [0.15, 0.2) is 21.8 Å². The van der Waals surface area contributed by atoms with Crippen molar-refractivity contribution in [3.63, 3.8) is 0 Å². The summed E-state index contributed by atoms with van der Waals surface area (Å²) in [4.78, 5) is 34.5. The van der Waals surface area contributed by atoms with Gasteiger partial charge in [0.2, 0.25) is 0 Å². The lowest BCUT2D eigenvalue weighted by molar-refractivity contribution is -0.137. The maximum Gasteiger partial charge on any atom is 0.416 e. The van der Waals surface area contributed by atoms with E-state index in [4.69, 9.17) is 15.4 Å². The van der Waals surface area contributed by atoms with Crippen molar-refractivity contribution in [2.24, 2.45) is 11.8 Å². The van der Waals surface area contributed by atoms with Crippen molar-refractivity contribution in [1.82, 2.24) is 14.5 Å². The molecular weight excluding hydrogens is 541 g/mol. The number of hydrogen-bond donors (Lipinski definition) is 1. The van der Waals surface area contributed by atoms with Crippen molar-refractivity contribution in [1.29, 1.82) is 0 Å². The molecule has 2 fully saturated rings. The predicted molar refractivity (Wildman–Crippen MR) is 144 cm³/mol. The van der Waals surface area contributed by atoms with Crippen LogP contribution in [0.1, 0.15) is 53.0 Å². The summed E-state index contributed by atoms with van der Waals surface area (Å²) in [5.74, 6) is 1.38. The molecule has 1 aliphatic carbocycles. The molecule has 1 aromatic carbocycles. The van der Waals surface area contributed by atoms with Gasteiger partial charge in [-0.15, -0.1) is 10.1 Å². The van der Waals surface area contributed by atoms with Gasteiger partial charge in [-0.25, -0.2) is 9.59 Å². The molecule has 1 saturated heterocycles. The molecule has 0 N–H and O–H groups in total. The lowest BCUT2D eigenvalue weighted by atomic mass is 10.0. The van der Waals surface area contributed by atoms with Gasteiger partial charge in [0.05, 0.1) is 23.2 Å². The molecule has 3 aliphatic rings. The van der Waals surface area contributed by atoms with E-state index in [0.29, 0.717) is 41.7 Å². The molecule has 3 heterocycles. The molecule has 1 saturated carbocycles. The van der Waals surface area contributed by atoms with Gasteiger partial charge >= 0.3 is 18.0 Å². The first kappa shape index (κ1) is 27.4. The lowest BCUT2D eigenvalue weighted by Crippen LogP contribution is -2.59. The van der Waals surface area contributed by atoms with Gasteiger partial charge in [0, 0.05) is 29.9 Å². The van der Waals surface area contributed by atoms with Crippen LogP contribution in [0.3, 0.4) is 0 Å². The summed E-state index contributed by atoms with van der Waals surface area (Å²) < 4.78 is 49.3. The Morgan fingerprint density at radius 3 is 2.26 bits per heavy atom. The number of anilines is 1. The maximum atomic E-state index is 14.1. The number of carbonyl (C=O) groups is 1. The molecule has 4 atom stereocenters. The van der Waals surface area contributed by atoms with Crippen LogP contribution >= 0.6 is 20.8 Å². The van der Waals surface area contributed by atoms with E-state index in [2.05, 4.69) is 4.98 Å². The SMILES string of the molecule is C[C@@H]1CN(c2nc(=O)n3c4c(cc(C(F)(F)F)cc24)[SH](Cl)C[C@H](C2CC2)C3)C[C@H](C)N1C(=O)OC(C)(C)C. The van der Waals surface area contributed by atoms with Crippen LogP contribution in [0.5, 0.6) is 0 Å². The number of nitrogens with zero attached hydrogens (tertiary/aromatic N) is 4. The number of piperazine rings is 1. The Bertz CT molecular complexity index is 1310. The maximum absolute atomic E-state index is 14.1. The highest BCUT2D eigenvalue weighted by Crippen LogP contribution is 2.53. The molecule has 5 rings (SSSR count). The Morgan fingerprint density at radius 1 is 1.08 bits per heavy atom. The molecule has 0 spiro atoms. The fourth-order valence-electron chi connectivity index (χ4n) is 5.77. The average Bonchev–Trinajstić information content (AvgIpc) is 3.62. The smallest absolute Gasteiger partial charge is 0.416 e. The Morgan fingerprint density at radius 2 is 1.71 bits per heavy atom. The Kier molecular flexibility index (Phi) is 6.86. The van der Waals surface area contributed by atoms with E-state index in [1.54, 1.807) is 30.2 Å². The highest BCUT2D eigenvalue weighted by atomic mass is 35.7. The number of thiol groups is 1. The highest BCUT2D eigenvalue weighted by Gasteiger charge is 2.40. The lowest BCUT2D eigenvalue weighted by Gasteiger charge is -2.45. The van der Waals surface area contributed by atoms with E-state index in [-0.39, 0.29) is 29.2 Å². The number of benzene rings is 1. The second kappa shape index (κ2) is 9.50. The zero-order valence-corrected chi connectivity index (χ0v) is 23.8. The molecular formula is C26H34ClF3N4O3S. The van der Waals surface area contributed by atoms with E-state index < -0.39 is 39.2 Å². The van der Waals surface area contributed by atoms with Crippen LogP contribution in [0.4, 0.5) is 23.8 Å². The zero-order valence-electron chi connectivity index (χ0n) is 22.2. The topological polar surface area (TPSA) is 67.7 Å². The minimum absolute atomic E-state index is 0.145. The first-order valence-corrected chi connectivity index (χ1v) is 15.4. The zero-order chi connectivity index (χ0) is 27.7. The van der Waals surface area contributed by atoms with Crippen LogP contribution in [-0.2, 0) is 17.5 Å². The van der Waals surface area contributed by atoms with Gasteiger partial charge in [0.1, 0.15) is 11.4 Å². The standard InChI is InChI=1S/C26H34ClF3N4O3S/c1-14-10-32(11-15(2)34(14)24(36)37-25(3,4)5)22-19-8-18(26(28,29)30)9-20-21(19)33(23(35)31-22)12-17(13-38(20)27)16-6-7-16/h8-9,14-17,38H,6-7,10-13H2,1-5H3/t14-,15+,17-/m1/s1. The average molecular weight is 575 g/mol. The third kappa shape index (κ3) is 5.20. The van der Waals surface area contributed by atoms with Gasteiger partial charge in [-0.3, -0.25) is 9.47 Å². The first-order valence-electron chi connectivity index (χ1n) is 13.0. The first-order chi connectivity index (χ1) is 17.6. The molecule has 210 valence electrons. The molecule has 2 aromatic rings. The second-order valence-electron chi connectivity index (χ2n) is 11.9. The molecule has 38 heavy (non-hydrogen) atoms. The van der Waals surface area contributed by atoms with Crippen molar-refractivity contribution < 1.29 is 22.7 Å². The van der Waals surface area contributed by atoms with Crippen LogP contribution < -0.4 is 10.6 Å². The minimum Gasteiger partial charge on any atom is -0.444 e. The number of alkyl halides is 3. The summed E-state index contributed by atoms with van der Waals surface area (Å²) in [7, 11) is 5.43. The van der Waals surface area contributed by atoms with Crippen molar-refractivity contribution in [2.45, 2.75) is 82.8 Å². The Labute approximate surface area is 227 Å². The van der Waals surface area contributed by atoms with Crippen molar-refractivity contribution >= 4 is 43.6 Å². The molecule has 0 radical (unpaired) electrons. The summed E-state index contributed by atoms with van der Waals surface area (Å²) in [5.41, 5.74) is -1.46. The molecule has 0 bridgehead atoms. The van der Waals surface area contributed by atoms with E-state index in [1.807, 2.05) is 18.7 Å². The third-order valence-corrected chi connectivity index (χ3v) is 10.2. The van der Waals surface area contributed by atoms with Gasteiger partial charge in [-0.2, -0.15) is 18.2 Å². The fraction of sp³-hybridized carbons (Fsp3) is 0.654. The van der Waals surface area contributed by atoms with Crippen LogP contribution in [0, 0.1) is 11.8 Å². The van der Waals surface area contributed by atoms with Crippen molar-refractivity contribution in [3.8, 4) is 0 Å². The number of hydrogen-bond acceptors (Lipinski definition) is 5. The number of aromatic nitrogens is 2. The second-order valence-corrected chi connectivity index (χ2v) is 14.6. The van der Waals surface area contributed by atoms with Crippen LogP contribution in [0.25, 0.3) is 10.9 Å².